The number of aliphatic carboxylic acids is 1. The molecule has 0 fully saturated rings. The zero-order valence-electron chi connectivity index (χ0n) is 37.4. The Hall–Kier alpha value is -4.05. The number of carbonyl (C=O) groups excluding carboxylic acids is 2. The molecule has 0 aliphatic rings. The number of quaternary nitrogens is 1. The number of hydrogen-bond acceptors (Lipinski definition) is 7. The van der Waals surface area contributed by atoms with Crippen LogP contribution in [0.4, 0.5) is 0 Å². The summed E-state index contributed by atoms with van der Waals surface area (Å²) in [5.74, 6) is -2.13. The van der Waals surface area contributed by atoms with E-state index in [1.165, 1.54) is 0 Å². The number of hydrogen-bond donors (Lipinski definition) is 1. The lowest BCUT2D eigenvalue weighted by Crippen LogP contribution is -2.40. The highest BCUT2D eigenvalue weighted by Gasteiger charge is 2.25. The van der Waals surface area contributed by atoms with Crippen molar-refractivity contribution in [3.8, 4) is 0 Å². The number of rotatable bonds is 38. The fourth-order valence-electron chi connectivity index (χ4n) is 5.14. The minimum atomic E-state index is -1.53. The molecule has 0 aromatic carbocycles. The van der Waals surface area contributed by atoms with E-state index in [-0.39, 0.29) is 32.7 Å². The van der Waals surface area contributed by atoms with Crippen molar-refractivity contribution in [2.75, 3.05) is 47.5 Å². The Morgan fingerprint density at radius 2 is 0.915 bits per heavy atom. The van der Waals surface area contributed by atoms with E-state index in [0.29, 0.717) is 23.9 Å². The maximum absolute atomic E-state index is 12.7. The monoisotopic (exact) mass is 823 g/mol. The summed E-state index contributed by atoms with van der Waals surface area (Å²) >= 11 is 0. The van der Waals surface area contributed by atoms with Crippen molar-refractivity contribution in [2.45, 2.75) is 142 Å². The van der Waals surface area contributed by atoms with Gasteiger partial charge >= 0.3 is 17.9 Å². The lowest BCUT2D eigenvalue weighted by molar-refractivity contribution is -0.870. The summed E-state index contributed by atoms with van der Waals surface area (Å²) in [5, 5.41) is 9.63. The SMILES string of the molecule is CC/C=C\C/C=C\C/C=C\C/C=C\C/C=C\C/C=C\CCCCC(=O)OC(COC(=O)CCCCC/C=C\C/C=C\C/C=C\CC)COC(OCC[N+](C)(C)C)C(=O)O. The molecule has 0 heterocycles. The van der Waals surface area contributed by atoms with E-state index in [1.807, 2.05) is 21.1 Å². The highest BCUT2D eigenvalue weighted by atomic mass is 16.7. The summed E-state index contributed by atoms with van der Waals surface area (Å²) in [6.07, 6.45) is 51.6. The van der Waals surface area contributed by atoms with Crippen molar-refractivity contribution in [3.05, 3.63) is 109 Å². The molecule has 0 aromatic heterocycles. The van der Waals surface area contributed by atoms with Crippen molar-refractivity contribution < 1.29 is 42.9 Å². The normalized spacial score (nSPS) is 14.0. The summed E-state index contributed by atoms with van der Waals surface area (Å²) in [5.41, 5.74) is 0. The van der Waals surface area contributed by atoms with Gasteiger partial charge in [0.2, 0.25) is 0 Å². The smallest absolute Gasteiger partial charge is 0.361 e. The van der Waals surface area contributed by atoms with E-state index in [2.05, 4.69) is 123 Å². The molecule has 59 heavy (non-hydrogen) atoms. The van der Waals surface area contributed by atoms with Crippen LogP contribution in [-0.2, 0) is 33.3 Å². The van der Waals surface area contributed by atoms with Crippen LogP contribution in [-0.4, -0.2) is 87.4 Å². The molecular formula is C50H80NO8+. The lowest BCUT2D eigenvalue weighted by atomic mass is 10.1. The summed E-state index contributed by atoms with van der Waals surface area (Å²) < 4.78 is 22.6. The predicted octanol–water partition coefficient (Wildman–Crippen LogP) is 11.7. The van der Waals surface area contributed by atoms with Crippen molar-refractivity contribution >= 4 is 17.9 Å². The van der Waals surface area contributed by atoms with E-state index in [1.54, 1.807) is 0 Å². The molecule has 2 unspecified atom stereocenters. The molecule has 0 aliphatic heterocycles. The average Bonchev–Trinajstić information content (AvgIpc) is 3.19. The molecule has 2 atom stereocenters. The number of esters is 2. The third-order valence-corrected chi connectivity index (χ3v) is 8.52. The van der Waals surface area contributed by atoms with Crippen LogP contribution >= 0.6 is 0 Å². The fraction of sp³-hybridized carbons (Fsp3) is 0.580. The second kappa shape index (κ2) is 40.7. The largest absolute Gasteiger partial charge is 0.477 e. The van der Waals surface area contributed by atoms with E-state index in [4.69, 9.17) is 18.9 Å². The molecule has 9 heteroatoms. The van der Waals surface area contributed by atoms with Gasteiger partial charge in [0.25, 0.3) is 6.29 Å². The Morgan fingerprint density at radius 3 is 1.36 bits per heavy atom. The van der Waals surface area contributed by atoms with Gasteiger partial charge in [0.05, 0.1) is 34.4 Å². The number of allylic oxidation sites excluding steroid dienone is 18. The highest BCUT2D eigenvalue weighted by molar-refractivity contribution is 5.71. The summed E-state index contributed by atoms with van der Waals surface area (Å²) in [6.45, 7) is 4.51. The molecular weight excluding hydrogens is 743 g/mol. The van der Waals surface area contributed by atoms with Gasteiger partial charge in [-0.1, -0.05) is 130 Å². The van der Waals surface area contributed by atoms with Crippen LogP contribution in [0.5, 0.6) is 0 Å². The summed E-state index contributed by atoms with van der Waals surface area (Å²) in [4.78, 5) is 37.1. The van der Waals surface area contributed by atoms with Gasteiger partial charge in [-0.05, 0) is 96.3 Å². The molecule has 0 bridgehead atoms. The zero-order valence-corrected chi connectivity index (χ0v) is 37.4. The van der Waals surface area contributed by atoms with Gasteiger partial charge < -0.3 is 28.5 Å². The van der Waals surface area contributed by atoms with Crippen LogP contribution in [0.2, 0.25) is 0 Å². The number of carbonyl (C=O) groups is 3. The number of likely N-dealkylation sites (N-methyl/N-ethyl adjacent to an activating group) is 1. The van der Waals surface area contributed by atoms with Crippen molar-refractivity contribution in [1.29, 1.82) is 0 Å². The Bertz CT molecular complexity index is 1330. The van der Waals surface area contributed by atoms with Gasteiger partial charge in [-0.3, -0.25) is 9.59 Å². The van der Waals surface area contributed by atoms with E-state index >= 15 is 0 Å². The maximum Gasteiger partial charge on any atom is 0.361 e. The third kappa shape index (κ3) is 41.9. The van der Waals surface area contributed by atoms with Crippen LogP contribution in [0.3, 0.4) is 0 Å². The first-order valence-corrected chi connectivity index (χ1v) is 22.1. The van der Waals surface area contributed by atoms with Crippen molar-refractivity contribution in [3.63, 3.8) is 0 Å². The Morgan fingerprint density at radius 1 is 0.508 bits per heavy atom. The van der Waals surface area contributed by atoms with Gasteiger partial charge in [-0.15, -0.1) is 0 Å². The Kier molecular flexibility index (Phi) is 37.9. The second-order valence-electron chi connectivity index (χ2n) is 15.2. The summed E-state index contributed by atoms with van der Waals surface area (Å²) in [7, 11) is 5.91. The predicted molar refractivity (Wildman–Crippen MR) is 244 cm³/mol. The minimum Gasteiger partial charge on any atom is -0.477 e. The number of carboxylic acid groups (broad SMARTS) is 1. The molecule has 0 radical (unpaired) electrons. The van der Waals surface area contributed by atoms with Crippen LogP contribution < -0.4 is 0 Å². The van der Waals surface area contributed by atoms with Crippen LogP contribution in [0, 0.1) is 0 Å². The van der Waals surface area contributed by atoms with Crippen LogP contribution in [0.1, 0.15) is 129 Å². The van der Waals surface area contributed by atoms with Crippen molar-refractivity contribution in [1.82, 2.24) is 0 Å². The molecule has 0 saturated carbocycles. The molecule has 332 valence electrons. The Labute approximate surface area is 358 Å². The first-order valence-electron chi connectivity index (χ1n) is 22.1. The van der Waals surface area contributed by atoms with Crippen molar-refractivity contribution in [2.24, 2.45) is 0 Å². The molecule has 1 N–H and O–H groups in total. The maximum atomic E-state index is 12.7. The minimum absolute atomic E-state index is 0.167. The van der Waals surface area contributed by atoms with E-state index in [0.717, 1.165) is 89.9 Å². The van der Waals surface area contributed by atoms with E-state index in [9.17, 15) is 19.5 Å². The summed E-state index contributed by atoms with van der Waals surface area (Å²) in [6, 6.07) is 0. The molecule has 0 aromatic rings. The highest BCUT2D eigenvalue weighted by Crippen LogP contribution is 2.10. The average molecular weight is 823 g/mol. The molecule has 0 saturated heterocycles. The number of ether oxygens (including phenoxy) is 4. The van der Waals surface area contributed by atoms with Gasteiger partial charge in [0, 0.05) is 12.8 Å². The molecule has 0 amide bonds. The zero-order chi connectivity index (χ0) is 43.5. The Balaban J connectivity index is 4.59. The first-order chi connectivity index (χ1) is 28.6. The third-order valence-electron chi connectivity index (χ3n) is 8.52. The lowest BCUT2D eigenvalue weighted by Gasteiger charge is -2.25. The van der Waals surface area contributed by atoms with Gasteiger partial charge in [-0.25, -0.2) is 4.79 Å². The standard InChI is InChI=1S/C50H79NO8/c1-6-8-10-12-14-16-18-20-21-22-23-24-25-26-27-29-31-33-35-37-39-41-48(53)59-46(45-58-50(49(54)55)56-43-42-51(3,4)5)44-57-47(52)40-38-36-34-32-30-28-19-17-15-13-11-9-7-2/h8-11,14-17,20-21,23-24,26-28,30-31,33,46,50H,6-7,12-13,18-19,22,25,29,32,34-45H2,1-5H3/p+1/b10-8-,11-9-,16-14-,17-15-,21-20-,24-23-,27-26-,30-28-,33-31-. The quantitative estimate of drug-likeness (QED) is 0.0216. The van der Waals surface area contributed by atoms with Gasteiger partial charge in [-0.2, -0.15) is 0 Å². The van der Waals surface area contributed by atoms with Crippen LogP contribution in [0.25, 0.3) is 0 Å². The topological polar surface area (TPSA) is 108 Å². The molecule has 0 aliphatic carbocycles. The molecule has 9 nitrogen and oxygen atoms in total. The van der Waals surface area contributed by atoms with Crippen LogP contribution in [0.15, 0.2) is 109 Å². The first kappa shape index (κ1) is 55.0. The molecule has 0 rings (SSSR count). The fourth-order valence-corrected chi connectivity index (χ4v) is 5.14. The number of unbranched alkanes of at least 4 members (excludes halogenated alkanes) is 5. The van der Waals surface area contributed by atoms with Gasteiger partial charge in [0.1, 0.15) is 13.2 Å². The number of carboxylic acids is 1. The number of nitrogens with zero attached hydrogens (tertiary/aromatic N) is 1. The van der Waals surface area contributed by atoms with E-state index < -0.39 is 30.3 Å². The second-order valence-corrected chi connectivity index (χ2v) is 15.2. The molecule has 0 spiro atoms. The van der Waals surface area contributed by atoms with Gasteiger partial charge in [0.15, 0.2) is 6.10 Å².